The molecule has 0 saturated carbocycles. The highest BCUT2D eigenvalue weighted by atomic mass is 16.5. The second-order valence-corrected chi connectivity index (χ2v) is 3.93. The second kappa shape index (κ2) is 3.63. The van der Waals surface area contributed by atoms with Gasteiger partial charge in [-0.15, -0.1) is 0 Å². The number of carboxylic acid groups (broad SMARTS) is 1. The normalized spacial score (nSPS) is 13.2. The van der Waals surface area contributed by atoms with Gasteiger partial charge in [0, 0.05) is 5.22 Å². The smallest absolute Gasteiger partial charge is 0.336 e. The number of rotatable bonds is 1. The van der Waals surface area contributed by atoms with Gasteiger partial charge in [0.2, 0.25) is 0 Å². The van der Waals surface area contributed by atoms with Gasteiger partial charge < -0.3 is 9.84 Å². The van der Waals surface area contributed by atoms with Crippen LogP contribution >= 0.6 is 0 Å². The summed E-state index contributed by atoms with van der Waals surface area (Å²) >= 11 is 0. The first-order valence-corrected chi connectivity index (χ1v) is 5.34. The average Bonchev–Trinajstić information content (AvgIpc) is 2.37. The lowest BCUT2D eigenvalue weighted by Crippen LogP contribution is -2.29. The van der Waals surface area contributed by atoms with Crippen molar-refractivity contribution in [1.82, 2.24) is 0 Å². The summed E-state index contributed by atoms with van der Waals surface area (Å²) in [7, 11) is 0. The molecule has 0 saturated heterocycles. The molecule has 17 heavy (non-hydrogen) atoms. The van der Waals surface area contributed by atoms with Crippen LogP contribution in [-0.4, -0.2) is 17.7 Å². The molecular formula is C14H10O3. The molecule has 1 N–H and O–H groups in total. The van der Waals surface area contributed by atoms with Crippen LogP contribution in [0.4, 0.5) is 0 Å². The number of hydrogen-bond donors (Lipinski definition) is 1. The van der Waals surface area contributed by atoms with Crippen LogP contribution in [-0.2, 0) is 4.74 Å². The first-order chi connectivity index (χ1) is 8.27. The molecule has 0 amide bonds. The molecule has 1 heterocycles. The lowest BCUT2D eigenvalue weighted by Gasteiger charge is -2.07. The van der Waals surface area contributed by atoms with E-state index in [9.17, 15) is 4.79 Å². The second-order valence-electron chi connectivity index (χ2n) is 3.93. The molecule has 2 aromatic rings. The fourth-order valence-corrected chi connectivity index (χ4v) is 2.18. The number of aromatic carboxylic acids is 1. The Morgan fingerprint density at radius 2 is 2.06 bits per heavy atom. The van der Waals surface area contributed by atoms with Crippen molar-refractivity contribution in [3.05, 3.63) is 46.3 Å². The van der Waals surface area contributed by atoms with Gasteiger partial charge in [-0.2, -0.15) is 0 Å². The van der Waals surface area contributed by atoms with Gasteiger partial charge in [0.15, 0.2) is 0 Å². The molecule has 3 nitrogen and oxygen atoms in total. The maximum atomic E-state index is 11.1. The Balaban J connectivity index is 2.52. The van der Waals surface area contributed by atoms with E-state index in [0.29, 0.717) is 12.2 Å². The zero-order valence-electron chi connectivity index (χ0n) is 9.01. The minimum atomic E-state index is -0.897. The van der Waals surface area contributed by atoms with Gasteiger partial charge >= 0.3 is 5.97 Å². The van der Waals surface area contributed by atoms with Gasteiger partial charge in [0.05, 0.1) is 11.8 Å². The molecule has 0 atom stereocenters. The molecule has 2 aromatic carbocycles. The molecular weight excluding hydrogens is 216 g/mol. The maximum absolute atomic E-state index is 11.1. The van der Waals surface area contributed by atoms with E-state index >= 15 is 0 Å². The van der Waals surface area contributed by atoms with E-state index < -0.39 is 5.97 Å². The van der Waals surface area contributed by atoms with E-state index in [1.807, 2.05) is 24.3 Å². The average molecular weight is 226 g/mol. The van der Waals surface area contributed by atoms with Crippen molar-refractivity contribution in [2.75, 3.05) is 6.61 Å². The van der Waals surface area contributed by atoms with Gasteiger partial charge in [-0.3, -0.25) is 0 Å². The largest absolute Gasteiger partial charge is 0.496 e. The SMILES string of the molecule is O=C(O)c1cccc2c3c(ccc12)=COCC=3. The highest BCUT2D eigenvalue weighted by molar-refractivity contribution is 6.03. The first-order valence-electron chi connectivity index (χ1n) is 5.34. The van der Waals surface area contributed by atoms with E-state index in [2.05, 4.69) is 0 Å². The third-order valence-electron chi connectivity index (χ3n) is 2.96. The van der Waals surface area contributed by atoms with Crippen molar-refractivity contribution in [3.8, 4) is 0 Å². The van der Waals surface area contributed by atoms with Crippen LogP contribution in [0.2, 0.25) is 0 Å². The third-order valence-corrected chi connectivity index (χ3v) is 2.96. The lowest BCUT2D eigenvalue weighted by molar-refractivity contribution is 0.0699. The van der Waals surface area contributed by atoms with Crippen LogP contribution in [0.5, 0.6) is 0 Å². The predicted octanol–water partition coefficient (Wildman–Crippen LogP) is 1.09. The number of carboxylic acids is 1. The summed E-state index contributed by atoms with van der Waals surface area (Å²) in [5, 5.41) is 12.9. The number of carbonyl (C=O) groups is 1. The van der Waals surface area contributed by atoms with Crippen LogP contribution in [0.15, 0.2) is 30.3 Å². The van der Waals surface area contributed by atoms with E-state index in [-0.39, 0.29) is 0 Å². The summed E-state index contributed by atoms with van der Waals surface area (Å²) in [4.78, 5) is 11.1. The Bertz CT molecular complexity index is 729. The molecule has 3 rings (SSSR count). The topological polar surface area (TPSA) is 46.5 Å². The van der Waals surface area contributed by atoms with Crippen molar-refractivity contribution in [3.63, 3.8) is 0 Å². The van der Waals surface area contributed by atoms with Crippen molar-refractivity contribution >= 4 is 29.1 Å². The van der Waals surface area contributed by atoms with Gasteiger partial charge in [-0.05, 0) is 28.1 Å². The number of hydrogen-bond acceptors (Lipinski definition) is 2. The first kappa shape index (κ1) is 9.90. The summed E-state index contributed by atoms with van der Waals surface area (Å²) in [5.41, 5.74) is 0.338. The van der Waals surface area contributed by atoms with Gasteiger partial charge in [0.1, 0.15) is 6.61 Å². The summed E-state index contributed by atoms with van der Waals surface area (Å²) in [6.07, 6.45) is 3.69. The van der Waals surface area contributed by atoms with Gasteiger partial charge in [-0.25, -0.2) is 4.79 Å². The number of fused-ring (bicyclic) bond motifs is 3. The highest BCUT2D eigenvalue weighted by Crippen LogP contribution is 2.14. The van der Waals surface area contributed by atoms with Crippen LogP contribution in [0.3, 0.4) is 0 Å². The Morgan fingerprint density at radius 1 is 1.18 bits per heavy atom. The summed E-state index contributed by atoms with van der Waals surface area (Å²) in [6, 6.07) is 9.06. The third kappa shape index (κ3) is 1.47. The molecule has 0 aliphatic carbocycles. The minimum Gasteiger partial charge on any atom is -0.496 e. The van der Waals surface area contributed by atoms with Gasteiger partial charge in [-0.1, -0.05) is 24.3 Å². The molecule has 0 unspecified atom stereocenters. The molecule has 84 valence electrons. The van der Waals surface area contributed by atoms with Gasteiger partial charge in [0.25, 0.3) is 0 Å². The van der Waals surface area contributed by atoms with Crippen LogP contribution in [0.1, 0.15) is 10.4 Å². The Hall–Kier alpha value is -2.29. The van der Waals surface area contributed by atoms with E-state index in [1.54, 1.807) is 18.4 Å². The van der Waals surface area contributed by atoms with E-state index in [1.165, 1.54) is 0 Å². The molecule has 1 aliphatic heterocycles. The fourth-order valence-electron chi connectivity index (χ4n) is 2.18. The number of benzene rings is 2. The fraction of sp³-hybridized carbons (Fsp3) is 0.0714. The predicted molar refractivity (Wildman–Crippen MR) is 65.0 cm³/mol. The zero-order valence-corrected chi connectivity index (χ0v) is 9.01. The van der Waals surface area contributed by atoms with Crippen molar-refractivity contribution < 1.29 is 14.6 Å². The molecule has 1 aliphatic rings. The van der Waals surface area contributed by atoms with E-state index in [4.69, 9.17) is 9.84 Å². The molecule has 0 aromatic heterocycles. The highest BCUT2D eigenvalue weighted by Gasteiger charge is 2.09. The zero-order chi connectivity index (χ0) is 11.8. The molecule has 0 fully saturated rings. The van der Waals surface area contributed by atoms with E-state index in [0.717, 1.165) is 21.2 Å². The van der Waals surface area contributed by atoms with Crippen LogP contribution in [0, 0.1) is 0 Å². The minimum absolute atomic E-state index is 0.338. The number of ether oxygens (including phenoxy) is 1. The summed E-state index contributed by atoms with van der Waals surface area (Å²) in [5.74, 6) is -0.897. The Morgan fingerprint density at radius 3 is 2.88 bits per heavy atom. The van der Waals surface area contributed by atoms with Crippen LogP contribution < -0.4 is 10.4 Å². The van der Waals surface area contributed by atoms with Crippen LogP contribution in [0.25, 0.3) is 23.1 Å². The van der Waals surface area contributed by atoms with Crippen molar-refractivity contribution in [1.29, 1.82) is 0 Å². The lowest BCUT2D eigenvalue weighted by atomic mass is 10.0. The molecule has 0 bridgehead atoms. The Labute approximate surface area is 97.3 Å². The van der Waals surface area contributed by atoms with Crippen molar-refractivity contribution in [2.24, 2.45) is 0 Å². The maximum Gasteiger partial charge on any atom is 0.336 e. The monoisotopic (exact) mass is 226 g/mol. The Kier molecular flexibility index (Phi) is 2.11. The molecule has 3 heteroatoms. The molecule has 0 radical (unpaired) electrons. The molecule has 0 spiro atoms. The summed E-state index contributed by atoms with van der Waals surface area (Å²) < 4.78 is 5.23. The standard InChI is InChI=1S/C14H10O3/c15-14(16)13-3-1-2-11-10-6-7-17-8-9(10)4-5-12(11)13/h1-6,8H,7H2,(H,15,16). The van der Waals surface area contributed by atoms with Crippen molar-refractivity contribution in [2.45, 2.75) is 0 Å². The summed E-state index contributed by atoms with van der Waals surface area (Å²) in [6.45, 7) is 0.531. The quantitative estimate of drug-likeness (QED) is 0.791.